The van der Waals surface area contributed by atoms with Gasteiger partial charge in [-0.15, -0.1) is 11.8 Å². The molecule has 0 fully saturated rings. The van der Waals surface area contributed by atoms with Gasteiger partial charge in [-0.1, -0.05) is 12.1 Å². The molecule has 0 unspecified atom stereocenters. The van der Waals surface area contributed by atoms with Gasteiger partial charge >= 0.3 is 0 Å². The number of rotatable bonds is 5. The molecule has 4 rings (SSSR count). The highest BCUT2D eigenvalue weighted by Gasteiger charge is 2.13. The Bertz CT molecular complexity index is 1130. The Labute approximate surface area is 157 Å². The Morgan fingerprint density at radius 2 is 1.96 bits per heavy atom. The predicted octanol–water partition coefficient (Wildman–Crippen LogP) is 4.16. The number of benzene rings is 2. The summed E-state index contributed by atoms with van der Waals surface area (Å²) >= 11 is 1.45. The Balaban J connectivity index is 1.62. The molecule has 0 aliphatic heterocycles. The maximum atomic E-state index is 13.1. The lowest BCUT2D eigenvalue weighted by Gasteiger charge is -2.04. The fraction of sp³-hybridized carbons (Fsp3) is 0.0556. The zero-order valence-corrected chi connectivity index (χ0v) is 14.6. The van der Waals surface area contributed by atoms with E-state index in [9.17, 15) is 14.5 Å². The second kappa shape index (κ2) is 7.12. The van der Waals surface area contributed by atoms with Gasteiger partial charge in [0.1, 0.15) is 17.2 Å². The summed E-state index contributed by atoms with van der Waals surface area (Å²) in [5, 5.41) is 16.7. The van der Waals surface area contributed by atoms with E-state index in [1.54, 1.807) is 35.1 Å². The van der Waals surface area contributed by atoms with Crippen LogP contribution in [0.15, 0.2) is 66.1 Å². The highest BCUT2D eigenvalue weighted by atomic mass is 32.2. The van der Waals surface area contributed by atoms with Gasteiger partial charge in [0.25, 0.3) is 5.69 Å². The lowest BCUT2D eigenvalue weighted by molar-refractivity contribution is -0.384. The third kappa shape index (κ3) is 3.49. The van der Waals surface area contributed by atoms with E-state index in [1.165, 1.54) is 36.3 Å². The number of nitro groups is 1. The van der Waals surface area contributed by atoms with Crippen molar-refractivity contribution in [1.82, 2.24) is 19.7 Å². The van der Waals surface area contributed by atoms with Gasteiger partial charge in [0, 0.05) is 17.9 Å². The summed E-state index contributed by atoms with van der Waals surface area (Å²) in [5.41, 5.74) is 2.19. The van der Waals surface area contributed by atoms with Crippen LogP contribution in [0.3, 0.4) is 0 Å². The molecule has 9 heteroatoms. The maximum absolute atomic E-state index is 13.1. The van der Waals surface area contributed by atoms with Crippen molar-refractivity contribution in [3.8, 4) is 5.69 Å². The monoisotopic (exact) mass is 381 g/mol. The molecule has 0 atom stereocenters. The van der Waals surface area contributed by atoms with E-state index >= 15 is 0 Å². The van der Waals surface area contributed by atoms with Crippen LogP contribution in [-0.2, 0) is 5.75 Å². The third-order valence-corrected chi connectivity index (χ3v) is 4.97. The van der Waals surface area contributed by atoms with Crippen LogP contribution in [0.25, 0.3) is 16.7 Å². The molecule has 0 N–H and O–H groups in total. The first-order chi connectivity index (χ1) is 13.1. The number of non-ortho nitro benzene ring substituents is 1. The zero-order chi connectivity index (χ0) is 18.8. The van der Waals surface area contributed by atoms with Crippen molar-refractivity contribution in [1.29, 1.82) is 0 Å². The summed E-state index contributed by atoms with van der Waals surface area (Å²) in [6.45, 7) is 0. The van der Waals surface area contributed by atoms with Crippen molar-refractivity contribution in [2.24, 2.45) is 0 Å². The smallest absolute Gasteiger partial charge is 0.258 e. The lowest BCUT2D eigenvalue weighted by atomic mass is 10.2. The molecule has 27 heavy (non-hydrogen) atoms. The Morgan fingerprint density at radius 3 is 2.74 bits per heavy atom. The molecular weight excluding hydrogens is 369 g/mol. The summed E-state index contributed by atoms with van der Waals surface area (Å²) in [7, 11) is 0. The first kappa shape index (κ1) is 17.1. The van der Waals surface area contributed by atoms with Crippen molar-refractivity contribution >= 4 is 28.5 Å². The van der Waals surface area contributed by atoms with Crippen LogP contribution in [0, 0.1) is 15.9 Å². The number of hydrogen-bond acceptors (Lipinski definition) is 6. The van der Waals surface area contributed by atoms with Gasteiger partial charge in [-0.2, -0.15) is 5.10 Å². The molecule has 0 aliphatic carbocycles. The number of hydrogen-bond donors (Lipinski definition) is 0. The molecule has 0 aliphatic rings. The number of nitrogens with zero attached hydrogens (tertiary/aromatic N) is 5. The van der Waals surface area contributed by atoms with E-state index in [0.717, 1.165) is 16.0 Å². The average Bonchev–Trinajstić information content (AvgIpc) is 3.12. The molecule has 0 saturated carbocycles. The van der Waals surface area contributed by atoms with Crippen molar-refractivity contribution in [2.45, 2.75) is 10.8 Å². The summed E-state index contributed by atoms with van der Waals surface area (Å²) in [4.78, 5) is 19.1. The van der Waals surface area contributed by atoms with E-state index in [2.05, 4.69) is 15.1 Å². The van der Waals surface area contributed by atoms with Crippen LogP contribution in [0.1, 0.15) is 5.56 Å². The van der Waals surface area contributed by atoms with E-state index in [4.69, 9.17) is 0 Å². The quantitative estimate of drug-likeness (QED) is 0.223. The molecule has 4 aromatic rings. The number of fused-ring (bicyclic) bond motifs is 1. The van der Waals surface area contributed by atoms with Crippen molar-refractivity contribution in [3.05, 3.63) is 82.6 Å². The topological polar surface area (TPSA) is 86.7 Å². The van der Waals surface area contributed by atoms with Gasteiger partial charge in [-0.25, -0.2) is 19.0 Å². The molecule has 0 amide bonds. The summed E-state index contributed by atoms with van der Waals surface area (Å²) in [6, 6.07) is 12.5. The number of aromatic nitrogens is 4. The average molecular weight is 381 g/mol. The van der Waals surface area contributed by atoms with Gasteiger partial charge in [0.15, 0.2) is 5.65 Å². The maximum Gasteiger partial charge on any atom is 0.269 e. The van der Waals surface area contributed by atoms with Crippen molar-refractivity contribution < 1.29 is 9.31 Å². The second-order valence-electron chi connectivity index (χ2n) is 5.66. The molecule has 134 valence electrons. The molecule has 2 aromatic carbocycles. The van der Waals surface area contributed by atoms with Crippen LogP contribution in [0.2, 0.25) is 0 Å². The van der Waals surface area contributed by atoms with Gasteiger partial charge < -0.3 is 0 Å². The Hall–Kier alpha value is -3.33. The van der Waals surface area contributed by atoms with Crippen LogP contribution >= 0.6 is 11.8 Å². The lowest BCUT2D eigenvalue weighted by Crippen LogP contribution is -1.98. The van der Waals surface area contributed by atoms with Gasteiger partial charge in [0.2, 0.25) is 0 Å². The van der Waals surface area contributed by atoms with E-state index in [0.29, 0.717) is 17.1 Å². The van der Waals surface area contributed by atoms with Crippen LogP contribution in [-0.4, -0.2) is 24.7 Å². The van der Waals surface area contributed by atoms with Gasteiger partial charge in [0.05, 0.1) is 22.2 Å². The predicted molar refractivity (Wildman–Crippen MR) is 99.3 cm³/mol. The minimum atomic E-state index is -0.413. The van der Waals surface area contributed by atoms with Crippen LogP contribution in [0.5, 0.6) is 0 Å². The van der Waals surface area contributed by atoms with Gasteiger partial charge in [-0.3, -0.25) is 10.1 Å². The minimum Gasteiger partial charge on any atom is -0.258 e. The third-order valence-electron chi connectivity index (χ3n) is 3.90. The zero-order valence-electron chi connectivity index (χ0n) is 13.8. The van der Waals surface area contributed by atoms with Crippen LogP contribution in [0.4, 0.5) is 10.1 Å². The van der Waals surface area contributed by atoms with Crippen LogP contribution < -0.4 is 0 Å². The van der Waals surface area contributed by atoms with E-state index < -0.39 is 4.92 Å². The molecule has 2 aromatic heterocycles. The van der Waals surface area contributed by atoms with E-state index in [-0.39, 0.29) is 11.5 Å². The fourth-order valence-electron chi connectivity index (χ4n) is 2.62. The number of nitro benzene ring substituents is 1. The molecule has 7 nitrogen and oxygen atoms in total. The normalized spacial score (nSPS) is 11.0. The molecule has 0 saturated heterocycles. The fourth-order valence-corrected chi connectivity index (χ4v) is 3.52. The SMILES string of the molecule is O=[N+]([O-])c1cccc(CSc2ncnc3c2cnn3-c2ccc(F)cc2)c1. The highest BCUT2D eigenvalue weighted by molar-refractivity contribution is 7.98. The van der Waals surface area contributed by atoms with E-state index in [1.807, 2.05) is 6.07 Å². The van der Waals surface area contributed by atoms with Crippen molar-refractivity contribution in [2.75, 3.05) is 0 Å². The molecule has 0 spiro atoms. The summed E-state index contributed by atoms with van der Waals surface area (Å²) in [6.07, 6.45) is 3.11. The molecule has 0 bridgehead atoms. The molecular formula is C18H12FN5O2S. The summed E-state index contributed by atoms with van der Waals surface area (Å²) < 4.78 is 14.8. The molecule has 2 heterocycles. The first-order valence-corrected chi connectivity index (χ1v) is 8.91. The number of thioether (sulfide) groups is 1. The Kier molecular flexibility index (Phi) is 4.51. The largest absolute Gasteiger partial charge is 0.269 e. The highest BCUT2D eigenvalue weighted by Crippen LogP contribution is 2.29. The van der Waals surface area contributed by atoms with Crippen molar-refractivity contribution in [3.63, 3.8) is 0 Å². The summed E-state index contributed by atoms with van der Waals surface area (Å²) in [5.74, 6) is 0.202. The number of halogens is 1. The Morgan fingerprint density at radius 1 is 1.15 bits per heavy atom. The standard InChI is InChI=1S/C18H12FN5O2S/c19-13-4-6-14(7-5-13)23-17-16(9-22-23)18(21-11-20-17)27-10-12-2-1-3-15(8-12)24(25)26/h1-9,11H,10H2. The second-order valence-corrected chi connectivity index (χ2v) is 6.63. The van der Waals surface area contributed by atoms with Gasteiger partial charge in [-0.05, 0) is 29.8 Å². The minimum absolute atomic E-state index is 0.0602. The molecule has 0 radical (unpaired) electrons. The first-order valence-electron chi connectivity index (χ1n) is 7.92.